The number of thioether (sulfide) groups is 1. The van der Waals surface area contributed by atoms with Crippen molar-refractivity contribution < 1.29 is 4.79 Å². The highest BCUT2D eigenvalue weighted by Crippen LogP contribution is 2.22. The van der Waals surface area contributed by atoms with Gasteiger partial charge in [-0.2, -0.15) is 0 Å². The van der Waals surface area contributed by atoms with Crippen molar-refractivity contribution in [3.8, 4) is 0 Å². The van der Waals surface area contributed by atoms with Gasteiger partial charge in [0.1, 0.15) is 0 Å². The third kappa shape index (κ3) is 4.46. The average molecular weight is 379 g/mol. The van der Waals surface area contributed by atoms with Crippen molar-refractivity contribution in [2.45, 2.75) is 30.4 Å². The number of amides is 1. The summed E-state index contributed by atoms with van der Waals surface area (Å²) in [5.74, 6) is -0.101. The van der Waals surface area contributed by atoms with Crippen molar-refractivity contribution in [1.82, 2.24) is 14.9 Å². The first-order valence-electron chi connectivity index (χ1n) is 8.69. The van der Waals surface area contributed by atoms with Crippen molar-refractivity contribution in [2.75, 3.05) is 0 Å². The Morgan fingerprint density at radius 3 is 2.67 bits per heavy atom. The van der Waals surface area contributed by atoms with Gasteiger partial charge in [0.2, 0.25) is 5.91 Å². The second kappa shape index (κ2) is 8.68. The molecule has 0 aliphatic heterocycles. The summed E-state index contributed by atoms with van der Waals surface area (Å²) in [6.07, 6.45) is 1.65. The number of hydrogen-bond donors (Lipinski definition) is 1. The molecule has 3 rings (SSSR count). The van der Waals surface area contributed by atoms with Crippen LogP contribution in [0.25, 0.3) is 10.9 Å². The molecule has 0 spiro atoms. The number of rotatable bonds is 7. The van der Waals surface area contributed by atoms with Gasteiger partial charge >= 0.3 is 0 Å². The van der Waals surface area contributed by atoms with Gasteiger partial charge in [0.25, 0.3) is 5.56 Å². The van der Waals surface area contributed by atoms with Crippen LogP contribution >= 0.6 is 11.8 Å². The topological polar surface area (TPSA) is 64.0 Å². The maximum absolute atomic E-state index is 12.8. The Hall–Kier alpha value is -2.86. The van der Waals surface area contributed by atoms with Crippen molar-refractivity contribution >= 4 is 28.6 Å². The molecule has 1 atom stereocenters. The molecule has 0 unspecified atom stereocenters. The van der Waals surface area contributed by atoms with Crippen molar-refractivity contribution in [3.05, 3.63) is 83.2 Å². The largest absolute Gasteiger partial charge is 0.351 e. The molecule has 0 bridgehead atoms. The number of hydrogen-bond acceptors (Lipinski definition) is 4. The summed E-state index contributed by atoms with van der Waals surface area (Å²) in [6, 6.07) is 17.0. The first-order valence-corrected chi connectivity index (χ1v) is 9.57. The normalized spacial score (nSPS) is 11.9. The van der Waals surface area contributed by atoms with Crippen LogP contribution in [0, 0.1) is 0 Å². The van der Waals surface area contributed by atoms with E-state index in [4.69, 9.17) is 0 Å². The Morgan fingerprint density at radius 2 is 1.93 bits per heavy atom. The standard InChI is InChI=1S/C21H21N3O2S/c1-3-13-24-20(26)17-11-7-8-12-18(17)23-21(24)27-15(2)19(25)22-14-16-9-5-4-6-10-16/h3-12,15H,1,13-14H2,2H3,(H,22,25)/t15-/m1/s1. The van der Waals surface area contributed by atoms with E-state index in [1.807, 2.05) is 49.4 Å². The molecule has 0 aliphatic carbocycles. The lowest BCUT2D eigenvalue weighted by Gasteiger charge is -2.15. The van der Waals surface area contributed by atoms with Gasteiger partial charge in [-0.3, -0.25) is 14.2 Å². The van der Waals surface area contributed by atoms with Crippen LogP contribution in [0.3, 0.4) is 0 Å². The second-order valence-electron chi connectivity index (χ2n) is 6.08. The number of nitrogens with zero attached hydrogens (tertiary/aromatic N) is 2. The zero-order valence-electron chi connectivity index (χ0n) is 15.1. The van der Waals surface area contributed by atoms with Gasteiger partial charge < -0.3 is 5.32 Å². The Labute approximate surface area is 162 Å². The Kier molecular flexibility index (Phi) is 6.08. The third-order valence-electron chi connectivity index (χ3n) is 4.10. The molecule has 0 saturated carbocycles. The van der Waals surface area contributed by atoms with Gasteiger partial charge in [0.05, 0.1) is 16.2 Å². The van der Waals surface area contributed by atoms with Crippen LogP contribution in [0.2, 0.25) is 0 Å². The Balaban J connectivity index is 1.80. The number of benzene rings is 2. The van der Waals surface area contributed by atoms with E-state index in [0.29, 0.717) is 29.1 Å². The second-order valence-corrected chi connectivity index (χ2v) is 7.39. The van der Waals surface area contributed by atoms with Crippen molar-refractivity contribution in [3.63, 3.8) is 0 Å². The number of allylic oxidation sites excluding steroid dienone is 1. The lowest BCUT2D eigenvalue weighted by Crippen LogP contribution is -2.31. The number of nitrogens with one attached hydrogen (secondary N) is 1. The van der Waals surface area contributed by atoms with Gasteiger partial charge in [-0.1, -0.05) is 60.3 Å². The lowest BCUT2D eigenvalue weighted by atomic mass is 10.2. The molecule has 0 fully saturated rings. The quantitative estimate of drug-likeness (QED) is 0.388. The lowest BCUT2D eigenvalue weighted by molar-refractivity contribution is -0.120. The zero-order valence-corrected chi connectivity index (χ0v) is 15.9. The number of fused-ring (bicyclic) bond motifs is 1. The maximum atomic E-state index is 12.8. The number of carbonyl (C=O) groups excluding carboxylic acids is 1. The first-order chi connectivity index (χ1) is 13.1. The van der Waals surface area contributed by atoms with Crippen LogP contribution in [-0.4, -0.2) is 20.7 Å². The van der Waals surface area contributed by atoms with Crippen molar-refractivity contribution in [2.24, 2.45) is 0 Å². The summed E-state index contributed by atoms with van der Waals surface area (Å²) in [5, 5.41) is 3.61. The van der Waals surface area contributed by atoms with Crippen LogP contribution < -0.4 is 10.9 Å². The minimum absolute atomic E-state index is 0.101. The summed E-state index contributed by atoms with van der Waals surface area (Å²) < 4.78 is 1.56. The molecule has 1 N–H and O–H groups in total. The monoisotopic (exact) mass is 379 g/mol. The molecule has 3 aromatic rings. The van der Waals surface area contributed by atoms with E-state index < -0.39 is 5.25 Å². The number of carbonyl (C=O) groups is 1. The SMILES string of the molecule is C=CCn1c(S[C@H](C)C(=O)NCc2ccccc2)nc2ccccc2c1=O. The summed E-state index contributed by atoms with van der Waals surface area (Å²) in [4.78, 5) is 29.8. The van der Waals surface area contributed by atoms with Crippen LogP contribution in [0.1, 0.15) is 12.5 Å². The Morgan fingerprint density at radius 1 is 1.22 bits per heavy atom. The van der Waals surface area contributed by atoms with E-state index in [1.165, 1.54) is 11.8 Å². The minimum Gasteiger partial charge on any atom is -0.351 e. The molecule has 0 radical (unpaired) electrons. The highest BCUT2D eigenvalue weighted by Gasteiger charge is 2.18. The summed E-state index contributed by atoms with van der Waals surface area (Å²) in [7, 11) is 0. The van der Waals surface area contributed by atoms with Gasteiger partial charge in [-0.25, -0.2) is 4.98 Å². The molecule has 1 heterocycles. The highest BCUT2D eigenvalue weighted by molar-refractivity contribution is 8.00. The fourth-order valence-electron chi connectivity index (χ4n) is 2.67. The van der Waals surface area contributed by atoms with E-state index in [-0.39, 0.29) is 11.5 Å². The summed E-state index contributed by atoms with van der Waals surface area (Å²) >= 11 is 1.27. The average Bonchev–Trinajstić information content (AvgIpc) is 2.70. The molecule has 6 heteroatoms. The number of aromatic nitrogens is 2. The van der Waals surface area contributed by atoms with E-state index in [1.54, 1.807) is 22.8 Å². The van der Waals surface area contributed by atoms with Gasteiger partial charge in [-0.15, -0.1) is 6.58 Å². The molecule has 138 valence electrons. The van der Waals surface area contributed by atoms with Crippen LogP contribution in [0.15, 0.2) is 77.2 Å². The Bertz CT molecular complexity index is 1010. The van der Waals surface area contributed by atoms with E-state index >= 15 is 0 Å². The number of para-hydroxylation sites is 1. The summed E-state index contributed by atoms with van der Waals surface area (Å²) in [6.45, 7) is 6.34. The third-order valence-corrected chi connectivity index (χ3v) is 5.19. The molecule has 0 aliphatic rings. The predicted molar refractivity (Wildman–Crippen MR) is 110 cm³/mol. The van der Waals surface area contributed by atoms with Gasteiger partial charge in [-0.05, 0) is 24.6 Å². The van der Waals surface area contributed by atoms with E-state index in [2.05, 4.69) is 16.9 Å². The maximum Gasteiger partial charge on any atom is 0.262 e. The predicted octanol–water partition coefficient (Wildman–Crippen LogP) is 3.38. The molecule has 1 aromatic heterocycles. The molecule has 2 aromatic carbocycles. The molecule has 0 saturated heterocycles. The fourth-order valence-corrected chi connectivity index (χ4v) is 3.61. The highest BCUT2D eigenvalue weighted by atomic mass is 32.2. The first kappa shape index (κ1) is 18.9. The molecular formula is C21H21N3O2S. The molecule has 5 nitrogen and oxygen atoms in total. The van der Waals surface area contributed by atoms with Crippen LogP contribution in [-0.2, 0) is 17.9 Å². The van der Waals surface area contributed by atoms with Crippen LogP contribution in [0.4, 0.5) is 0 Å². The smallest absolute Gasteiger partial charge is 0.262 e. The van der Waals surface area contributed by atoms with E-state index in [0.717, 1.165) is 5.56 Å². The van der Waals surface area contributed by atoms with Gasteiger partial charge in [0, 0.05) is 13.1 Å². The van der Waals surface area contributed by atoms with Gasteiger partial charge in [0.15, 0.2) is 5.16 Å². The van der Waals surface area contributed by atoms with Crippen molar-refractivity contribution in [1.29, 1.82) is 0 Å². The minimum atomic E-state index is -0.391. The fraction of sp³-hybridized carbons (Fsp3) is 0.190. The molecule has 27 heavy (non-hydrogen) atoms. The molecular weight excluding hydrogens is 358 g/mol. The summed E-state index contributed by atoms with van der Waals surface area (Å²) in [5.41, 5.74) is 1.54. The zero-order chi connectivity index (χ0) is 19.2. The van der Waals surface area contributed by atoms with Crippen LogP contribution in [0.5, 0.6) is 0 Å². The molecule has 1 amide bonds. The van der Waals surface area contributed by atoms with E-state index in [9.17, 15) is 9.59 Å².